The summed E-state index contributed by atoms with van der Waals surface area (Å²) in [4.78, 5) is 0. The van der Waals surface area contributed by atoms with E-state index in [0.717, 1.165) is 11.8 Å². The van der Waals surface area contributed by atoms with Gasteiger partial charge >= 0.3 is 35.6 Å². The number of hydrogen-bond acceptors (Lipinski definition) is 1. The molecule has 0 amide bonds. The summed E-state index contributed by atoms with van der Waals surface area (Å²) < 4.78 is 0. The van der Waals surface area contributed by atoms with Crippen LogP contribution in [0.4, 0.5) is 0 Å². The summed E-state index contributed by atoms with van der Waals surface area (Å²) >= 11 is -0.556. The summed E-state index contributed by atoms with van der Waals surface area (Å²) in [5, 5.41) is 0. The van der Waals surface area contributed by atoms with Crippen molar-refractivity contribution in [3.05, 3.63) is 6.04 Å². The van der Waals surface area contributed by atoms with Gasteiger partial charge in [0.15, 0.2) is 0 Å². The van der Waals surface area contributed by atoms with Gasteiger partial charge in [-0.05, 0) is 31.1 Å². The fraction of sp³-hybridized carbons (Fsp3) is 0.857. The van der Waals surface area contributed by atoms with Crippen LogP contribution in [0.5, 0.6) is 0 Å². The molecule has 2 unspecified atom stereocenters. The van der Waals surface area contributed by atoms with Crippen molar-refractivity contribution < 1.29 is 17.0 Å². The molecular formula is C7H12Cl2NTi. The average molecular weight is 229 g/mol. The van der Waals surface area contributed by atoms with Gasteiger partial charge in [0, 0.05) is 6.04 Å². The molecule has 2 atom stereocenters. The van der Waals surface area contributed by atoms with Crippen LogP contribution in [0.15, 0.2) is 0 Å². The average Bonchev–Trinajstić information content (AvgIpc) is 2.48. The van der Waals surface area contributed by atoms with Crippen LogP contribution < -0.4 is 5.73 Å². The molecule has 2 rings (SSSR count). The Balaban J connectivity index is 0.000000179. The van der Waals surface area contributed by atoms with Gasteiger partial charge in [0.05, 0.1) is 0 Å². The molecule has 2 aliphatic rings. The van der Waals surface area contributed by atoms with Gasteiger partial charge in [0.1, 0.15) is 0 Å². The van der Waals surface area contributed by atoms with Crippen LogP contribution in [-0.2, 0) is 17.0 Å². The van der Waals surface area contributed by atoms with E-state index < -0.39 is 17.0 Å². The molecule has 1 radical (unpaired) electrons. The van der Waals surface area contributed by atoms with Gasteiger partial charge in [-0.1, -0.05) is 6.42 Å². The number of halogens is 2. The van der Waals surface area contributed by atoms with Crippen molar-refractivity contribution in [2.24, 2.45) is 17.6 Å². The Labute approximate surface area is 84.7 Å². The Morgan fingerprint density at radius 2 is 2.00 bits per heavy atom. The van der Waals surface area contributed by atoms with Crippen molar-refractivity contribution in [3.63, 3.8) is 0 Å². The molecule has 0 saturated heterocycles. The Hall–Kier alpha value is 1.25. The second-order valence-corrected chi connectivity index (χ2v) is 5.81. The van der Waals surface area contributed by atoms with Crippen molar-refractivity contribution in [2.75, 3.05) is 0 Å². The molecule has 0 heterocycles. The zero-order valence-corrected chi connectivity index (χ0v) is 9.39. The van der Waals surface area contributed by atoms with Crippen LogP contribution in [0.3, 0.4) is 0 Å². The van der Waals surface area contributed by atoms with Gasteiger partial charge in [0.25, 0.3) is 0 Å². The van der Waals surface area contributed by atoms with Crippen LogP contribution in [0.2, 0.25) is 0 Å². The zero-order valence-electron chi connectivity index (χ0n) is 6.32. The Morgan fingerprint density at radius 1 is 1.36 bits per heavy atom. The Morgan fingerprint density at radius 3 is 2.18 bits per heavy atom. The first-order valence-corrected chi connectivity index (χ1v) is 8.15. The Kier molecular flexibility index (Phi) is 4.78. The fourth-order valence-electron chi connectivity index (χ4n) is 2.10. The summed E-state index contributed by atoms with van der Waals surface area (Å²) in [5.74, 6) is 1.82. The molecule has 1 nitrogen and oxygen atoms in total. The van der Waals surface area contributed by atoms with E-state index in [1.54, 1.807) is 0 Å². The van der Waals surface area contributed by atoms with Crippen LogP contribution >= 0.6 is 18.6 Å². The van der Waals surface area contributed by atoms with Gasteiger partial charge < -0.3 is 5.73 Å². The number of nitrogens with two attached hydrogens (primary N) is 1. The van der Waals surface area contributed by atoms with Crippen LogP contribution in [-0.4, -0.2) is 0 Å². The minimum absolute atomic E-state index is 0.556. The van der Waals surface area contributed by atoms with E-state index in [1.807, 2.05) is 0 Å². The summed E-state index contributed by atoms with van der Waals surface area (Å²) in [6.45, 7) is 0. The quantitative estimate of drug-likeness (QED) is 0.635. The molecule has 0 aromatic heterocycles. The predicted molar refractivity (Wildman–Crippen MR) is 44.6 cm³/mol. The third-order valence-corrected chi connectivity index (χ3v) is 2.59. The minimum atomic E-state index is -0.556. The first-order chi connectivity index (χ1) is 5.27. The van der Waals surface area contributed by atoms with E-state index in [1.165, 1.54) is 31.7 Å². The van der Waals surface area contributed by atoms with Crippen molar-refractivity contribution in [1.29, 1.82) is 0 Å². The van der Waals surface area contributed by atoms with E-state index in [-0.39, 0.29) is 0 Å². The molecular weight excluding hydrogens is 217 g/mol. The monoisotopic (exact) mass is 228 g/mol. The molecule has 2 aliphatic carbocycles. The third kappa shape index (κ3) is 2.89. The maximum atomic E-state index is 5.74. The van der Waals surface area contributed by atoms with E-state index >= 15 is 0 Å². The predicted octanol–water partition coefficient (Wildman–Crippen LogP) is 2.67. The Bertz CT molecular complexity index is 121. The molecule has 2 bridgehead atoms. The first kappa shape index (κ1) is 10.3. The van der Waals surface area contributed by atoms with E-state index in [4.69, 9.17) is 24.3 Å². The van der Waals surface area contributed by atoms with Crippen LogP contribution in [0.1, 0.15) is 25.7 Å². The molecule has 2 fully saturated rings. The van der Waals surface area contributed by atoms with E-state index in [2.05, 4.69) is 0 Å². The normalized spacial score (nSPS) is 34.8. The van der Waals surface area contributed by atoms with Gasteiger partial charge in [-0.2, -0.15) is 0 Å². The summed E-state index contributed by atoms with van der Waals surface area (Å²) in [6.07, 6.45) is 5.48. The summed E-state index contributed by atoms with van der Waals surface area (Å²) in [6, 6.07) is 1.29. The summed E-state index contributed by atoms with van der Waals surface area (Å²) in [7, 11) is 9.78. The summed E-state index contributed by atoms with van der Waals surface area (Å²) in [5.41, 5.74) is 5.74. The molecule has 2 saturated carbocycles. The van der Waals surface area contributed by atoms with E-state index in [9.17, 15) is 0 Å². The second kappa shape index (κ2) is 5.09. The molecule has 0 aliphatic heterocycles. The van der Waals surface area contributed by atoms with Gasteiger partial charge in [0.2, 0.25) is 0 Å². The fourth-order valence-corrected chi connectivity index (χ4v) is 2.10. The van der Waals surface area contributed by atoms with Gasteiger partial charge in [-0.25, -0.2) is 0 Å². The second-order valence-electron chi connectivity index (χ2n) is 3.23. The SMILES string of the molecule is N[C]1CC2CCC1C2.[Cl][Ti][Cl]. The van der Waals surface area contributed by atoms with Crippen molar-refractivity contribution in [3.8, 4) is 0 Å². The van der Waals surface area contributed by atoms with Crippen molar-refractivity contribution >= 4 is 18.6 Å². The molecule has 0 aromatic carbocycles. The topological polar surface area (TPSA) is 26.0 Å². The number of fused-ring (bicyclic) bond motifs is 2. The molecule has 2 N–H and O–H groups in total. The molecule has 63 valence electrons. The molecule has 0 spiro atoms. The van der Waals surface area contributed by atoms with Gasteiger partial charge in [-0.3, -0.25) is 0 Å². The first-order valence-electron chi connectivity index (χ1n) is 3.85. The van der Waals surface area contributed by atoms with Crippen LogP contribution in [0.25, 0.3) is 0 Å². The molecule has 0 aromatic rings. The zero-order chi connectivity index (χ0) is 8.27. The maximum absolute atomic E-state index is 5.74. The number of hydrogen-bond donors (Lipinski definition) is 1. The standard InChI is InChI=1S/C7H12N.2ClH.Ti/c8-7-4-5-1-2-6(7)3-5;;;/h5-6H,1-4,8H2;2*1H;/q;;;+2/p-2. The van der Waals surface area contributed by atoms with Crippen molar-refractivity contribution in [1.82, 2.24) is 0 Å². The number of rotatable bonds is 0. The molecule has 4 heteroatoms. The molecule has 11 heavy (non-hydrogen) atoms. The third-order valence-electron chi connectivity index (χ3n) is 2.59. The van der Waals surface area contributed by atoms with Crippen LogP contribution in [0, 0.1) is 17.9 Å². The van der Waals surface area contributed by atoms with E-state index in [0.29, 0.717) is 0 Å². The van der Waals surface area contributed by atoms with Crippen molar-refractivity contribution in [2.45, 2.75) is 25.7 Å². The van der Waals surface area contributed by atoms with Gasteiger partial charge in [-0.15, -0.1) is 0 Å².